The Morgan fingerprint density at radius 3 is 2.15 bits per heavy atom. The first-order valence-corrected chi connectivity index (χ1v) is 10.1. The topological polar surface area (TPSA) is 100 Å². The lowest BCUT2D eigenvalue weighted by Gasteiger charge is -2.34. The molecule has 0 unspecified atom stereocenters. The Kier molecular flexibility index (Phi) is 4.44. The Morgan fingerprint density at radius 2 is 1.59 bits per heavy atom. The van der Waals surface area contributed by atoms with Crippen LogP contribution in [0, 0.1) is 13.8 Å². The van der Waals surface area contributed by atoms with E-state index in [1.54, 1.807) is 13.8 Å². The van der Waals surface area contributed by atoms with Gasteiger partial charge in [-0.25, -0.2) is 8.42 Å². The predicted molar refractivity (Wildman–Crippen MR) is 100 cm³/mol. The summed E-state index contributed by atoms with van der Waals surface area (Å²) in [7, 11) is -3.55. The second-order valence-corrected chi connectivity index (χ2v) is 8.37. The largest absolute Gasteiger partial charge is 0.352 e. The maximum Gasteiger partial charge on any atom is 0.246 e. The highest BCUT2D eigenvalue weighted by Crippen LogP contribution is 2.23. The standard InChI is InChI=1S/C17H21N7O2S/c1-13-17(14(2)19-18-13)27(25,26)24-11-9-23(10-12-24)16-6-5-15(20-21-16)22-7-3-4-8-22/h3-8H,9-12H2,1-2H3,(H,18,19). The lowest BCUT2D eigenvalue weighted by Crippen LogP contribution is -2.49. The number of rotatable bonds is 4. The van der Waals surface area contributed by atoms with Gasteiger partial charge in [-0.05, 0) is 38.1 Å². The van der Waals surface area contributed by atoms with Crippen molar-refractivity contribution in [3.63, 3.8) is 0 Å². The van der Waals surface area contributed by atoms with Gasteiger partial charge < -0.3 is 9.47 Å². The van der Waals surface area contributed by atoms with Crippen LogP contribution < -0.4 is 4.90 Å². The van der Waals surface area contributed by atoms with E-state index in [2.05, 4.69) is 20.4 Å². The summed E-state index contributed by atoms with van der Waals surface area (Å²) in [6.45, 7) is 5.35. The molecule has 1 aliphatic heterocycles. The van der Waals surface area contributed by atoms with Crippen LogP contribution in [0.25, 0.3) is 5.82 Å². The van der Waals surface area contributed by atoms with Crippen LogP contribution in [0.5, 0.6) is 0 Å². The van der Waals surface area contributed by atoms with E-state index in [4.69, 9.17) is 0 Å². The molecule has 0 radical (unpaired) electrons. The highest BCUT2D eigenvalue weighted by molar-refractivity contribution is 7.89. The number of nitrogens with one attached hydrogen (secondary N) is 1. The van der Waals surface area contributed by atoms with Crippen molar-refractivity contribution in [2.45, 2.75) is 18.7 Å². The van der Waals surface area contributed by atoms with Crippen molar-refractivity contribution in [1.29, 1.82) is 0 Å². The fraction of sp³-hybridized carbons (Fsp3) is 0.353. The van der Waals surface area contributed by atoms with Gasteiger partial charge in [-0.15, -0.1) is 10.2 Å². The first kappa shape index (κ1) is 17.7. The van der Waals surface area contributed by atoms with Gasteiger partial charge in [0.05, 0.1) is 11.4 Å². The smallest absolute Gasteiger partial charge is 0.246 e. The molecule has 4 rings (SSSR count). The van der Waals surface area contributed by atoms with E-state index in [1.165, 1.54) is 4.31 Å². The number of piperazine rings is 1. The van der Waals surface area contributed by atoms with Crippen molar-refractivity contribution < 1.29 is 8.42 Å². The number of aryl methyl sites for hydroxylation is 2. The van der Waals surface area contributed by atoms with Crippen molar-refractivity contribution in [2.75, 3.05) is 31.1 Å². The lowest BCUT2D eigenvalue weighted by atomic mass is 10.3. The summed E-state index contributed by atoms with van der Waals surface area (Å²) >= 11 is 0. The minimum Gasteiger partial charge on any atom is -0.352 e. The van der Waals surface area contributed by atoms with Crippen molar-refractivity contribution in [1.82, 2.24) is 29.3 Å². The third kappa shape index (κ3) is 3.21. The highest BCUT2D eigenvalue weighted by Gasteiger charge is 2.32. The van der Waals surface area contributed by atoms with Crippen LogP contribution in [0.1, 0.15) is 11.4 Å². The van der Waals surface area contributed by atoms with E-state index < -0.39 is 10.0 Å². The molecule has 0 saturated carbocycles. The van der Waals surface area contributed by atoms with E-state index in [0.29, 0.717) is 37.6 Å². The summed E-state index contributed by atoms with van der Waals surface area (Å²) in [5.41, 5.74) is 1.07. The monoisotopic (exact) mass is 387 g/mol. The van der Waals surface area contributed by atoms with E-state index in [9.17, 15) is 8.42 Å². The van der Waals surface area contributed by atoms with Crippen LogP contribution in [-0.2, 0) is 10.0 Å². The zero-order valence-corrected chi connectivity index (χ0v) is 16.0. The van der Waals surface area contributed by atoms with Gasteiger partial charge in [0.25, 0.3) is 0 Å². The molecule has 0 bridgehead atoms. The fourth-order valence-corrected chi connectivity index (χ4v) is 5.07. The Hall–Kier alpha value is -2.72. The molecule has 0 aliphatic carbocycles. The Bertz CT molecular complexity index is 998. The molecule has 3 aromatic heterocycles. The third-order valence-corrected chi connectivity index (χ3v) is 6.89. The minimum atomic E-state index is -3.55. The number of anilines is 1. The minimum absolute atomic E-state index is 0.284. The molecule has 10 heteroatoms. The van der Waals surface area contributed by atoms with Gasteiger partial charge in [0, 0.05) is 38.6 Å². The number of nitrogens with zero attached hydrogens (tertiary/aromatic N) is 6. The van der Waals surface area contributed by atoms with E-state index in [-0.39, 0.29) is 4.90 Å². The third-order valence-electron chi connectivity index (χ3n) is 4.73. The molecule has 142 valence electrons. The second kappa shape index (κ2) is 6.78. The summed E-state index contributed by atoms with van der Waals surface area (Å²) in [6, 6.07) is 7.68. The van der Waals surface area contributed by atoms with Gasteiger partial charge in [-0.1, -0.05) is 0 Å². The van der Waals surface area contributed by atoms with Gasteiger partial charge in [0.2, 0.25) is 10.0 Å². The van der Waals surface area contributed by atoms with Crippen LogP contribution in [0.15, 0.2) is 41.6 Å². The number of aromatic amines is 1. The van der Waals surface area contributed by atoms with E-state index >= 15 is 0 Å². The summed E-state index contributed by atoms with van der Waals surface area (Å²) in [6.07, 6.45) is 3.82. The van der Waals surface area contributed by atoms with Gasteiger partial charge >= 0.3 is 0 Å². The molecule has 0 aromatic carbocycles. The first-order chi connectivity index (χ1) is 13.0. The Labute approximate surface area is 157 Å². The zero-order chi connectivity index (χ0) is 19.0. The van der Waals surface area contributed by atoms with Crippen LogP contribution in [0.2, 0.25) is 0 Å². The molecule has 1 N–H and O–H groups in total. The quantitative estimate of drug-likeness (QED) is 0.720. The summed E-state index contributed by atoms with van der Waals surface area (Å²) in [5, 5.41) is 15.3. The molecule has 0 amide bonds. The van der Waals surface area contributed by atoms with Gasteiger partial charge in [-0.3, -0.25) is 5.10 Å². The van der Waals surface area contributed by atoms with Crippen molar-refractivity contribution in [3.05, 3.63) is 48.0 Å². The molecule has 27 heavy (non-hydrogen) atoms. The molecular formula is C17H21N7O2S. The second-order valence-electron chi connectivity index (χ2n) is 6.49. The number of hydrogen-bond acceptors (Lipinski definition) is 6. The molecule has 0 spiro atoms. The number of H-pyrrole nitrogens is 1. The number of hydrogen-bond donors (Lipinski definition) is 1. The van der Waals surface area contributed by atoms with Crippen molar-refractivity contribution in [3.8, 4) is 5.82 Å². The Balaban J connectivity index is 1.46. The number of aromatic nitrogens is 5. The molecule has 3 aromatic rings. The maximum atomic E-state index is 12.9. The normalized spacial score (nSPS) is 16.0. The molecule has 0 atom stereocenters. The van der Waals surface area contributed by atoms with Crippen molar-refractivity contribution in [2.24, 2.45) is 0 Å². The van der Waals surface area contributed by atoms with Crippen LogP contribution >= 0.6 is 0 Å². The molecule has 1 saturated heterocycles. The zero-order valence-electron chi connectivity index (χ0n) is 15.2. The van der Waals surface area contributed by atoms with Crippen LogP contribution in [0.3, 0.4) is 0 Å². The number of sulfonamides is 1. The summed E-state index contributed by atoms with van der Waals surface area (Å²) in [4.78, 5) is 2.33. The lowest BCUT2D eigenvalue weighted by molar-refractivity contribution is 0.383. The molecular weight excluding hydrogens is 366 g/mol. The molecule has 4 heterocycles. The fourth-order valence-electron chi connectivity index (χ4n) is 3.32. The first-order valence-electron chi connectivity index (χ1n) is 8.70. The predicted octanol–water partition coefficient (Wildman–Crippen LogP) is 1.12. The van der Waals surface area contributed by atoms with Crippen molar-refractivity contribution >= 4 is 15.8 Å². The SMILES string of the molecule is Cc1n[nH]c(C)c1S(=O)(=O)N1CCN(c2ccc(-n3cccc3)nn2)CC1. The molecule has 1 fully saturated rings. The highest BCUT2D eigenvalue weighted by atomic mass is 32.2. The molecule has 9 nitrogen and oxygen atoms in total. The summed E-state index contributed by atoms with van der Waals surface area (Å²) in [5.74, 6) is 1.49. The Morgan fingerprint density at radius 1 is 0.963 bits per heavy atom. The van der Waals surface area contributed by atoms with Crippen LogP contribution in [0.4, 0.5) is 5.82 Å². The van der Waals surface area contributed by atoms with Gasteiger partial charge in [0.15, 0.2) is 11.6 Å². The van der Waals surface area contributed by atoms with E-state index in [0.717, 1.165) is 11.6 Å². The maximum absolute atomic E-state index is 12.9. The average molecular weight is 387 g/mol. The van der Waals surface area contributed by atoms with Gasteiger partial charge in [0.1, 0.15) is 4.90 Å². The van der Waals surface area contributed by atoms with E-state index in [1.807, 2.05) is 46.1 Å². The molecule has 1 aliphatic rings. The van der Waals surface area contributed by atoms with Gasteiger partial charge in [-0.2, -0.15) is 9.40 Å². The van der Waals surface area contributed by atoms with Crippen LogP contribution in [-0.4, -0.2) is 63.9 Å². The average Bonchev–Trinajstić information content (AvgIpc) is 3.32. The summed E-state index contributed by atoms with van der Waals surface area (Å²) < 4.78 is 29.2.